The van der Waals surface area contributed by atoms with Crippen LogP contribution < -0.4 is 0 Å². The summed E-state index contributed by atoms with van der Waals surface area (Å²) in [5.74, 6) is -0.921. The molecule has 2 heteroatoms. The Morgan fingerprint density at radius 1 is 0.667 bits per heavy atom. The van der Waals surface area contributed by atoms with Gasteiger partial charge in [-0.2, -0.15) is 0 Å². The number of hydrogen-bond acceptors (Lipinski definition) is 1. The van der Waals surface area contributed by atoms with E-state index in [2.05, 4.69) is 19.1 Å². The molecule has 0 aliphatic heterocycles. The zero-order valence-electron chi connectivity index (χ0n) is 15.5. The largest absolute Gasteiger partial charge is 0.478 e. The van der Waals surface area contributed by atoms with Gasteiger partial charge >= 0.3 is 5.97 Å². The first-order chi connectivity index (χ1) is 11.8. The van der Waals surface area contributed by atoms with Gasteiger partial charge in [-0.05, 0) is 12.8 Å². The summed E-state index contributed by atoms with van der Waals surface area (Å²) in [6.45, 7) is 2.27. The molecule has 0 saturated heterocycles. The normalized spacial score (nSPS) is 12.4. The number of unbranched alkanes of at least 4 members (excludes halogenated alkanes) is 11. The maximum absolute atomic E-state index is 10.2. The number of carboxylic acid groups (broad SMARTS) is 1. The molecule has 0 saturated carbocycles. The van der Waals surface area contributed by atoms with Gasteiger partial charge in [-0.25, -0.2) is 4.79 Å². The van der Waals surface area contributed by atoms with Crippen LogP contribution in [0.5, 0.6) is 0 Å². The summed E-state index contributed by atoms with van der Waals surface area (Å²) in [7, 11) is 0. The predicted octanol–water partition coefficient (Wildman–Crippen LogP) is 7.00. The van der Waals surface area contributed by atoms with Crippen molar-refractivity contribution in [3.8, 4) is 0 Å². The average Bonchev–Trinajstić information content (AvgIpc) is 2.56. The van der Waals surface area contributed by atoms with Crippen molar-refractivity contribution in [1.29, 1.82) is 0 Å². The van der Waals surface area contributed by atoms with Gasteiger partial charge in [0, 0.05) is 6.08 Å². The SMILES string of the molecule is CCCCCCCCCCCCC\C=C/C=C\C=C/C=C\C(=O)O. The second-order valence-corrected chi connectivity index (χ2v) is 6.22. The minimum absolute atomic E-state index is 0.921. The van der Waals surface area contributed by atoms with Crippen molar-refractivity contribution in [2.24, 2.45) is 0 Å². The Bertz CT molecular complexity index is 389. The van der Waals surface area contributed by atoms with Gasteiger partial charge in [0.25, 0.3) is 0 Å². The highest BCUT2D eigenvalue weighted by Crippen LogP contribution is 2.11. The Hall–Kier alpha value is -1.57. The topological polar surface area (TPSA) is 37.3 Å². The first-order valence-corrected chi connectivity index (χ1v) is 9.67. The van der Waals surface area contributed by atoms with Crippen LogP contribution in [0.3, 0.4) is 0 Å². The van der Waals surface area contributed by atoms with Crippen molar-refractivity contribution in [2.45, 2.75) is 84.0 Å². The molecule has 0 aromatic rings. The Kier molecular flexibility index (Phi) is 18.2. The lowest BCUT2D eigenvalue weighted by molar-refractivity contribution is -0.131. The van der Waals surface area contributed by atoms with Gasteiger partial charge in [0.15, 0.2) is 0 Å². The fraction of sp³-hybridized carbons (Fsp3) is 0.591. The molecular weight excluding hydrogens is 296 g/mol. The van der Waals surface area contributed by atoms with Crippen LogP contribution in [0.15, 0.2) is 48.6 Å². The predicted molar refractivity (Wildman–Crippen MR) is 105 cm³/mol. The molecule has 2 nitrogen and oxygen atoms in total. The van der Waals surface area contributed by atoms with Crippen LogP contribution in [0.4, 0.5) is 0 Å². The van der Waals surface area contributed by atoms with E-state index in [4.69, 9.17) is 5.11 Å². The fourth-order valence-electron chi connectivity index (χ4n) is 2.50. The van der Waals surface area contributed by atoms with Crippen LogP contribution in [-0.4, -0.2) is 11.1 Å². The lowest BCUT2D eigenvalue weighted by atomic mass is 10.1. The molecule has 0 aromatic heterocycles. The van der Waals surface area contributed by atoms with Gasteiger partial charge in [-0.3, -0.25) is 0 Å². The Balaban J connectivity index is 3.30. The smallest absolute Gasteiger partial charge is 0.328 e. The van der Waals surface area contributed by atoms with Crippen molar-refractivity contribution in [3.63, 3.8) is 0 Å². The molecule has 0 heterocycles. The Morgan fingerprint density at radius 2 is 1.12 bits per heavy atom. The molecule has 0 unspecified atom stereocenters. The van der Waals surface area contributed by atoms with Crippen molar-refractivity contribution in [1.82, 2.24) is 0 Å². The van der Waals surface area contributed by atoms with Crippen LogP contribution in [0, 0.1) is 0 Å². The lowest BCUT2D eigenvalue weighted by Crippen LogP contribution is -1.84. The molecule has 0 rings (SSSR count). The van der Waals surface area contributed by atoms with E-state index in [-0.39, 0.29) is 0 Å². The van der Waals surface area contributed by atoms with Gasteiger partial charge in [0.1, 0.15) is 0 Å². The highest BCUT2D eigenvalue weighted by Gasteiger charge is 1.92. The standard InChI is InChI=1S/C22H36O2/c1-2-3-4-5-6-7-8-9-10-11-12-13-14-15-16-17-18-19-20-21-22(23)24/h14-21H,2-13H2,1H3,(H,23,24)/b15-14-,17-16-,19-18-,21-20-. The highest BCUT2D eigenvalue weighted by atomic mass is 16.4. The molecule has 0 aliphatic rings. The molecule has 136 valence electrons. The molecule has 0 spiro atoms. The fourth-order valence-corrected chi connectivity index (χ4v) is 2.50. The van der Waals surface area contributed by atoms with Gasteiger partial charge in [-0.1, -0.05) is 114 Å². The summed E-state index contributed by atoms with van der Waals surface area (Å²) in [4.78, 5) is 10.2. The molecule has 0 amide bonds. The van der Waals surface area contributed by atoms with E-state index >= 15 is 0 Å². The second-order valence-electron chi connectivity index (χ2n) is 6.22. The molecule has 0 fully saturated rings. The van der Waals surface area contributed by atoms with Crippen molar-refractivity contribution in [3.05, 3.63) is 48.6 Å². The number of allylic oxidation sites excluding steroid dienone is 7. The Labute approximate surface area is 149 Å². The monoisotopic (exact) mass is 332 g/mol. The third-order valence-corrected chi connectivity index (χ3v) is 3.90. The Morgan fingerprint density at radius 3 is 1.67 bits per heavy atom. The summed E-state index contributed by atoms with van der Waals surface area (Å²) >= 11 is 0. The van der Waals surface area contributed by atoms with E-state index < -0.39 is 5.97 Å². The van der Waals surface area contributed by atoms with E-state index in [0.717, 1.165) is 12.5 Å². The molecule has 0 aliphatic carbocycles. The van der Waals surface area contributed by atoms with Crippen LogP contribution in [0.25, 0.3) is 0 Å². The van der Waals surface area contributed by atoms with E-state index in [1.165, 1.54) is 76.7 Å². The minimum Gasteiger partial charge on any atom is -0.478 e. The van der Waals surface area contributed by atoms with Gasteiger partial charge in [0.2, 0.25) is 0 Å². The summed E-state index contributed by atoms with van der Waals surface area (Å²) in [6, 6.07) is 0. The molecular formula is C22H36O2. The third kappa shape index (κ3) is 20.4. The molecule has 0 bridgehead atoms. The van der Waals surface area contributed by atoms with E-state index in [0.29, 0.717) is 0 Å². The van der Waals surface area contributed by atoms with Gasteiger partial charge in [0.05, 0.1) is 0 Å². The van der Waals surface area contributed by atoms with E-state index in [1.54, 1.807) is 6.08 Å². The van der Waals surface area contributed by atoms with Crippen LogP contribution >= 0.6 is 0 Å². The summed E-state index contributed by atoms with van der Waals surface area (Å²) in [5, 5.41) is 8.41. The lowest BCUT2D eigenvalue weighted by Gasteiger charge is -2.01. The summed E-state index contributed by atoms with van der Waals surface area (Å²) in [6.07, 6.45) is 30.7. The van der Waals surface area contributed by atoms with Crippen molar-refractivity contribution in [2.75, 3.05) is 0 Å². The molecule has 1 N–H and O–H groups in total. The molecule has 0 atom stereocenters. The zero-order valence-corrected chi connectivity index (χ0v) is 15.5. The van der Waals surface area contributed by atoms with Gasteiger partial charge < -0.3 is 5.11 Å². The summed E-state index contributed by atoms with van der Waals surface area (Å²) < 4.78 is 0. The van der Waals surface area contributed by atoms with E-state index in [9.17, 15) is 4.79 Å². The highest BCUT2D eigenvalue weighted by molar-refractivity contribution is 5.80. The van der Waals surface area contributed by atoms with Crippen molar-refractivity contribution < 1.29 is 9.90 Å². The van der Waals surface area contributed by atoms with Gasteiger partial charge in [-0.15, -0.1) is 0 Å². The second kappa shape index (κ2) is 19.5. The van der Waals surface area contributed by atoms with Crippen LogP contribution in [-0.2, 0) is 4.79 Å². The molecule has 0 aromatic carbocycles. The quantitative estimate of drug-likeness (QED) is 0.188. The van der Waals surface area contributed by atoms with Crippen molar-refractivity contribution >= 4 is 5.97 Å². The van der Waals surface area contributed by atoms with E-state index in [1.807, 2.05) is 18.2 Å². The van der Waals surface area contributed by atoms with Crippen LogP contribution in [0.2, 0.25) is 0 Å². The zero-order chi connectivity index (χ0) is 17.7. The first-order valence-electron chi connectivity index (χ1n) is 9.67. The number of aliphatic carboxylic acids is 1. The average molecular weight is 333 g/mol. The molecule has 0 radical (unpaired) electrons. The molecule has 24 heavy (non-hydrogen) atoms. The number of hydrogen-bond donors (Lipinski definition) is 1. The number of rotatable bonds is 16. The number of carboxylic acids is 1. The van der Waals surface area contributed by atoms with Crippen LogP contribution in [0.1, 0.15) is 84.0 Å². The minimum atomic E-state index is -0.921. The summed E-state index contributed by atoms with van der Waals surface area (Å²) in [5.41, 5.74) is 0. The number of carbonyl (C=O) groups is 1. The third-order valence-electron chi connectivity index (χ3n) is 3.90. The first kappa shape index (κ1) is 22.4. The maximum Gasteiger partial charge on any atom is 0.328 e. The maximum atomic E-state index is 10.2.